The Labute approximate surface area is 111 Å². The van der Waals surface area contributed by atoms with Gasteiger partial charge in [-0.25, -0.2) is 4.39 Å². The van der Waals surface area contributed by atoms with Gasteiger partial charge in [0.15, 0.2) is 0 Å². The molecule has 2 aromatic rings. The fraction of sp³-hybridized carbons (Fsp3) is 0.125. The number of benzene rings is 2. The number of hydrogen-bond acceptors (Lipinski definition) is 2. The Morgan fingerprint density at radius 1 is 1.00 bits per heavy atom. The van der Waals surface area contributed by atoms with Crippen LogP contribution in [0.2, 0.25) is 0 Å². The van der Waals surface area contributed by atoms with Gasteiger partial charge >= 0.3 is 0 Å². The third-order valence-corrected chi connectivity index (χ3v) is 3.12. The van der Waals surface area contributed by atoms with Crippen LogP contribution < -0.4 is 5.48 Å². The van der Waals surface area contributed by atoms with Crippen LogP contribution in [0.25, 0.3) is 5.70 Å². The SMILES string of the molecule is Fc1ccccc1C1=CC(Cc2ccccc2)ON1. The molecule has 0 spiro atoms. The molecule has 19 heavy (non-hydrogen) atoms. The second-order valence-electron chi connectivity index (χ2n) is 4.51. The van der Waals surface area contributed by atoms with Crippen molar-refractivity contribution < 1.29 is 9.23 Å². The van der Waals surface area contributed by atoms with Crippen molar-refractivity contribution in [3.63, 3.8) is 0 Å². The first-order valence-electron chi connectivity index (χ1n) is 6.25. The maximum absolute atomic E-state index is 13.7. The lowest BCUT2D eigenvalue weighted by molar-refractivity contribution is 0.0519. The van der Waals surface area contributed by atoms with Crippen molar-refractivity contribution in [3.8, 4) is 0 Å². The Kier molecular flexibility index (Phi) is 3.29. The molecule has 2 nitrogen and oxygen atoms in total. The van der Waals surface area contributed by atoms with E-state index < -0.39 is 0 Å². The summed E-state index contributed by atoms with van der Waals surface area (Å²) in [6.45, 7) is 0. The van der Waals surface area contributed by atoms with Crippen LogP contribution in [0.3, 0.4) is 0 Å². The van der Waals surface area contributed by atoms with E-state index >= 15 is 0 Å². The van der Waals surface area contributed by atoms with Gasteiger partial charge in [-0.3, -0.25) is 10.3 Å². The fourth-order valence-corrected chi connectivity index (χ4v) is 2.16. The van der Waals surface area contributed by atoms with Gasteiger partial charge in [0.1, 0.15) is 11.9 Å². The van der Waals surface area contributed by atoms with Gasteiger partial charge in [0.25, 0.3) is 0 Å². The molecule has 96 valence electrons. The molecular weight excluding hydrogens is 241 g/mol. The standard InChI is InChI=1S/C16H14FNO/c17-15-9-5-4-8-14(15)16-11-13(19-18-16)10-12-6-2-1-3-7-12/h1-9,11,13,18H,10H2. The van der Waals surface area contributed by atoms with Crippen LogP contribution >= 0.6 is 0 Å². The molecule has 1 aliphatic heterocycles. The zero-order chi connectivity index (χ0) is 13.1. The van der Waals surface area contributed by atoms with Crippen LogP contribution in [-0.4, -0.2) is 6.10 Å². The monoisotopic (exact) mass is 255 g/mol. The van der Waals surface area contributed by atoms with Crippen LogP contribution in [0.15, 0.2) is 60.7 Å². The maximum atomic E-state index is 13.7. The summed E-state index contributed by atoms with van der Waals surface area (Å²) in [5, 5.41) is 0. The summed E-state index contributed by atoms with van der Waals surface area (Å²) in [7, 11) is 0. The molecule has 0 saturated heterocycles. The van der Waals surface area contributed by atoms with Crippen molar-refractivity contribution in [1.82, 2.24) is 5.48 Å². The molecule has 2 aromatic carbocycles. The molecule has 1 N–H and O–H groups in total. The van der Waals surface area contributed by atoms with Gasteiger partial charge in [0.2, 0.25) is 0 Å². The third-order valence-electron chi connectivity index (χ3n) is 3.12. The Balaban J connectivity index is 1.77. The van der Waals surface area contributed by atoms with Crippen molar-refractivity contribution in [1.29, 1.82) is 0 Å². The number of hydrogen-bond donors (Lipinski definition) is 1. The van der Waals surface area contributed by atoms with E-state index in [-0.39, 0.29) is 11.9 Å². The number of rotatable bonds is 3. The lowest BCUT2D eigenvalue weighted by atomic mass is 10.1. The lowest BCUT2D eigenvalue weighted by Gasteiger charge is -2.07. The quantitative estimate of drug-likeness (QED) is 0.908. The van der Waals surface area contributed by atoms with Crippen molar-refractivity contribution in [2.75, 3.05) is 0 Å². The van der Waals surface area contributed by atoms with Gasteiger partial charge in [0.05, 0.1) is 5.70 Å². The van der Waals surface area contributed by atoms with E-state index in [2.05, 4.69) is 17.6 Å². The molecule has 0 aliphatic carbocycles. The van der Waals surface area contributed by atoms with Crippen LogP contribution in [0.5, 0.6) is 0 Å². The molecular formula is C16H14FNO. The predicted molar refractivity (Wildman–Crippen MR) is 72.5 cm³/mol. The summed E-state index contributed by atoms with van der Waals surface area (Å²) in [6, 6.07) is 16.8. The topological polar surface area (TPSA) is 21.3 Å². The molecule has 1 unspecified atom stereocenters. The molecule has 0 amide bonds. The van der Waals surface area contributed by atoms with Gasteiger partial charge in [-0.05, 0) is 23.8 Å². The van der Waals surface area contributed by atoms with Crippen LogP contribution in [0.1, 0.15) is 11.1 Å². The molecule has 0 saturated carbocycles. The van der Waals surface area contributed by atoms with Crippen LogP contribution in [0.4, 0.5) is 4.39 Å². The molecule has 1 heterocycles. The summed E-state index contributed by atoms with van der Waals surface area (Å²) in [6.07, 6.45) is 2.62. The van der Waals surface area contributed by atoms with E-state index in [1.807, 2.05) is 30.3 Å². The second-order valence-corrected chi connectivity index (χ2v) is 4.51. The van der Waals surface area contributed by atoms with Gasteiger partial charge < -0.3 is 0 Å². The largest absolute Gasteiger partial charge is 0.268 e. The first kappa shape index (κ1) is 11.9. The number of halogens is 1. The van der Waals surface area contributed by atoms with Gasteiger partial charge in [-0.15, -0.1) is 0 Å². The van der Waals surface area contributed by atoms with Crippen molar-refractivity contribution in [2.24, 2.45) is 0 Å². The Bertz CT molecular complexity index is 595. The zero-order valence-corrected chi connectivity index (χ0v) is 10.3. The van der Waals surface area contributed by atoms with E-state index in [0.29, 0.717) is 11.3 Å². The zero-order valence-electron chi connectivity index (χ0n) is 10.3. The average Bonchev–Trinajstić information content (AvgIpc) is 2.89. The highest BCUT2D eigenvalue weighted by molar-refractivity contribution is 5.65. The average molecular weight is 255 g/mol. The van der Waals surface area contributed by atoms with Crippen LogP contribution in [0, 0.1) is 5.82 Å². The minimum absolute atomic E-state index is 0.0722. The summed E-state index contributed by atoms with van der Waals surface area (Å²) in [5.74, 6) is -0.245. The molecule has 0 bridgehead atoms. The van der Waals surface area contributed by atoms with Gasteiger partial charge in [-0.1, -0.05) is 42.5 Å². The van der Waals surface area contributed by atoms with E-state index in [9.17, 15) is 4.39 Å². The maximum Gasteiger partial charge on any atom is 0.132 e. The highest BCUT2D eigenvalue weighted by Gasteiger charge is 2.19. The first-order valence-corrected chi connectivity index (χ1v) is 6.25. The Morgan fingerprint density at radius 2 is 1.74 bits per heavy atom. The Morgan fingerprint density at radius 3 is 2.53 bits per heavy atom. The van der Waals surface area contributed by atoms with Crippen molar-refractivity contribution >= 4 is 5.70 Å². The minimum atomic E-state index is -0.245. The van der Waals surface area contributed by atoms with E-state index in [1.54, 1.807) is 12.1 Å². The van der Waals surface area contributed by atoms with Crippen LogP contribution in [-0.2, 0) is 11.3 Å². The molecule has 3 rings (SSSR count). The van der Waals surface area contributed by atoms with E-state index in [1.165, 1.54) is 11.6 Å². The molecule has 3 heteroatoms. The van der Waals surface area contributed by atoms with Crippen molar-refractivity contribution in [3.05, 3.63) is 77.6 Å². The number of hydroxylamine groups is 1. The summed E-state index contributed by atoms with van der Waals surface area (Å²) in [4.78, 5) is 5.47. The summed E-state index contributed by atoms with van der Waals surface area (Å²) >= 11 is 0. The van der Waals surface area contributed by atoms with E-state index in [4.69, 9.17) is 4.84 Å². The van der Waals surface area contributed by atoms with Gasteiger partial charge in [-0.2, -0.15) is 0 Å². The highest BCUT2D eigenvalue weighted by atomic mass is 19.1. The lowest BCUT2D eigenvalue weighted by Crippen LogP contribution is -2.14. The van der Waals surface area contributed by atoms with Crippen molar-refractivity contribution in [2.45, 2.75) is 12.5 Å². The van der Waals surface area contributed by atoms with E-state index in [0.717, 1.165) is 6.42 Å². The molecule has 1 atom stereocenters. The van der Waals surface area contributed by atoms with Gasteiger partial charge in [0, 0.05) is 12.0 Å². The summed E-state index contributed by atoms with van der Waals surface area (Å²) < 4.78 is 13.7. The molecule has 1 aliphatic rings. The number of nitrogens with one attached hydrogen (secondary N) is 1. The first-order chi connectivity index (χ1) is 9.33. The third kappa shape index (κ3) is 2.66. The molecule has 0 fully saturated rings. The second kappa shape index (κ2) is 5.24. The smallest absolute Gasteiger partial charge is 0.132 e. The highest BCUT2D eigenvalue weighted by Crippen LogP contribution is 2.22. The molecule has 0 radical (unpaired) electrons. The molecule has 0 aromatic heterocycles. The normalized spacial score (nSPS) is 17.9. The predicted octanol–water partition coefficient (Wildman–Crippen LogP) is 3.31. The fourth-order valence-electron chi connectivity index (χ4n) is 2.16. The minimum Gasteiger partial charge on any atom is -0.268 e. The Hall–Kier alpha value is -2.13. The summed E-state index contributed by atoms with van der Waals surface area (Å²) in [5.41, 5.74) is 5.23.